The first-order chi connectivity index (χ1) is 13.5. The number of aliphatic hydroxyl groups excluding tert-OH is 2. The van der Waals surface area contributed by atoms with Crippen LogP contribution in [-0.2, 0) is 9.53 Å². The summed E-state index contributed by atoms with van der Waals surface area (Å²) in [5, 5.41) is 21.7. The molecule has 1 aliphatic rings. The molecule has 1 unspecified atom stereocenters. The number of aliphatic hydroxyl groups is 2. The van der Waals surface area contributed by atoms with Gasteiger partial charge >= 0.3 is 5.69 Å². The highest BCUT2D eigenvalue weighted by molar-refractivity contribution is 5.91. The van der Waals surface area contributed by atoms with E-state index in [1.54, 1.807) is 0 Å². The molecule has 0 aliphatic carbocycles. The minimum atomic E-state index is -0.910. The number of rotatable bonds is 10. The minimum Gasteiger partial charge on any atom is -0.394 e. The van der Waals surface area contributed by atoms with E-state index in [9.17, 15) is 19.5 Å². The summed E-state index contributed by atoms with van der Waals surface area (Å²) in [6, 6.07) is 0. The van der Waals surface area contributed by atoms with Gasteiger partial charge in [0.2, 0.25) is 5.91 Å². The van der Waals surface area contributed by atoms with Crippen molar-refractivity contribution in [2.45, 2.75) is 50.5 Å². The molecule has 0 bridgehead atoms. The third-order valence-corrected chi connectivity index (χ3v) is 4.58. The van der Waals surface area contributed by atoms with Crippen LogP contribution in [-0.4, -0.2) is 57.6 Å². The Bertz CT molecular complexity index is 787. The minimum absolute atomic E-state index is 0.106. The molecule has 1 aromatic rings. The summed E-state index contributed by atoms with van der Waals surface area (Å²) in [4.78, 5) is 38.1. The van der Waals surface area contributed by atoms with Crippen LogP contribution in [0.4, 0.5) is 0 Å². The molecule has 0 saturated carbocycles. The number of carbonyl (C=O) groups excluding carboxylic acids is 1. The van der Waals surface area contributed by atoms with Crippen molar-refractivity contribution >= 4 is 12.0 Å². The lowest BCUT2D eigenvalue weighted by molar-refractivity contribution is -0.368. The smallest absolute Gasteiger partial charge is 0.330 e. The fourth-order valence-corrected chi connectivity index (χ4v) is 2.98. The van der Waals surface area contributed by atoms with Crippen molar-refractivity contribution < 1.29 is 25.5 Å². The Morgan fingerprint density at radius 2 is 2.11 bits per heavy atom. The Kier molecular flexibility index (Phi) is 8.58. The van der Waals surface area contributed by atoms with Crippen molar-refractivity contribution in [3.8, 4) is 0 Å². The van der Waals surface area contributed by atoms with E-state index in [1.165, 1.54) is 18.3 Å². The number of ether oxygens (including phenoxy) is 1. The summed E-state index contributed by atoms with van der Waals surface area (Å²) < 4.78 is 6.58. The summed E-state index contributed by atoms with van der Waals surface area (Å²) in [5.41, 5.74) is 2.57. The van der Waals surface area contributed by atoms with Gasteiger partial charge in [0.1, 0.15) is 12.3 Å². The normalized spacial score (nSPS) is 22.0. The van der Waals surface area contributed by atoms with Crippen LogP contribution >= 0.6 is 0 Å². The first-order valence-electron chi connectivity index (χ1n) is 9.51. The van der Waals surface area contributed by atoms with E-state index in [2.05, 4.69) is 16.0 Å². The number of nitrogens with one attached hydrogen (secondary N) is 2. The van der Waals surface area contributed by atoms with E-state index in [0.29, 0.717) is 6.54 Å². The molecule has 0 spiro atoms. The van der Waals surface area contributed by atoms with Crippen molar-refractivity contribution in [1.82, 2.24) is 14.9 Å². The number of aromatic amines is 1. The van der Waals surface area contributed by atoms with Crippen molar-refractivity contribution in [3.63, 3.8) is 0 Å². The summed E-state index contributed by atoms with van der Waals surface area (Å²) in [5.74, 6) is -0.331. The molecule has 1 fully saturated rings. The second kappa shape index (κ2) is 10.9. The topological polar surface area (TPSA) is 161 Å². The van der Waals surface area contributed by atoms with Gasteiger partial charge in [0.25, 0.3) is 5.56 Å². The second-order valence-corrected chi connectivity index (χ2v) is 6.76. The SMILES string of the molecule is [NH3+]CCCCCCNC(=O)/C=C/c1cn([C@H]2CC(O)[C@@H](CO)O2)c(=O)[nH]c1=O. The number of aromatic nitrogens is 2. The molecule has 1 amide bonds. The number of carbonyl (C=O) groups is 1. The molecule has 2 rings (SSSR count). The predicted octanol–water partition coefficient (Wildman–Crippen LogP) is -1.89. The average molecular weight is 397 g/mol. The van der Waals surface area contributed by atoms with Gasteiger partial charge in [0.05, 0.1) is 24.8 Å². The average Bonchev–Trinajstić information content (AvgIpc) is 3.04. The maximum Gasteiger partial charge on any atom is 0.330 e. The largest absolute Gasteiger partial charge is 0.394 e. The molecule has 3 atom stereocenters. The van der Waals surface area contributed by atoms with Crippen LogP contribution in [0.3, 0.4) is 0 Å². The first kappa shape index (κ1) is 22.0. The van der Waals surface area contributed by atoms with Crippen LogP contribution in [0.25, 0.3) is 6.08 Å². The summed E-state index contributed by atoms with van der Waals surface area (Å²) >= 11 is 0. The fraction of sp³-hybridized carbons (Fsp3) is 0.611. The van der Waals surface area contributed by atoms with E-state index in [0.717, 1.165) is 36.8 Å². The van der Waals surface area contributed by atoms with Gasteiger partial charge in [-0.25, -0.2) is 4.79 Å². The number of unbranched alkanes of at least 4 members (excludes halogenated alkanes) is 3. The van der Waals surface area contributed by atoms with Crippen LogP contribution in [0.15, 0.2) is 21.9 Å². The lowest BCUT2D eigenvalue weighted by atomic mass is 10.2. The zero-order chi connectivity index (χ0) is 20.5. The molecule has 2 heterocycles. The van der Waals surface area contributed by atoms with Crippen LogP contribution < -0.4 is 22.3 Å². The van der Waals surface area contributed by atoms with Crippen molar-refractivity contribution in [2.75, 3.05) is 19.7 Å². The highest BCUT2D eigenvalue weighted by Gasteiger charge is 2.35. The Morgan fingerprint density at radius 1 is 1.36 bits per heavy atom. The van der Waals surface area contributed by atoms with Gasteiger partial charge in [-0.05, 0) is 25.3 Å². The molecule has 1 aliphatic heterocycles. The van der Waals surface area contributed by atoms with Crippen LogP contribution in [0, 0.1) is 0 Å². The summed E-state index contributed by atoms with van der Waals surface area (Å²) in [7, 11) is 0. The number of hydrogen-bond acceptors (Lipinski definition) is 6. The Balaban J connectivity index is 1.98. The highest BCUT2D eigenvalue weighted by atomic mass is 16.5. The van der Waals surface area contributed by atoms with Crippen LogP contribution in [0.2, 0.25) is 0 Å². The quantitative estimate of drug-likeness (QED) is 0.229. The highest BCUT2D eigenvalue weighted by Crippen LogP contribution is 2.27. The van der Waals surface area contributed by atoms with Crippen molar-refractivity contribution in [3.05, 3.63) is 38.7 Å². The molecule has 1 aromatic heterocycles. The monoisotopic (exact) mass is 397 g/mol. The molecule has 0 radical (unpaired) electrons. The molecule has 0 aromatic carbocycles. The predicted molar refractivity (Wildman–Crippen MR) is 101 cm³/mol. The molecule has 10 nitrogen and oxygen atoms in total. The molecule has 156 valence electrons. The number of amides is 1. The van der Waals surface area contributed by atoms with Gasteiger partial charge < -0.3 is 26.0 Å². The number of hydrogen-bond donors (Lipinski definition) is 5. The Hall–Kier alpha value is -2.27. The molecule has 1 saturated heterocycles. The fourth-order valence-electron chi connectivity index (χ4n) is 2.98. The maximum atomic E-state index is 12.0. The van der Waals surface area contributed by atoms with Crippen molar-refractivity contribution in [2.24, 2.45) is 0 Å². The van der Waals surface area contributed by atoms with E-state index in [4.69, 9.17) is 9.84 Å². The lowest BCUT2D eigenvalue weighted by Crippen LogP contribution is -2.50. The van der Waals surface area contributed by atoms with Crippen LogP contribution in [0.5, 0.6) is 0 Å². The van der Waals surface area contributed by atoms with Gasteiger partial charge in [0.15, 0.2) is 0 Å². The molecular formula is C18H29N4O6+. The standard InChI is InChI=1S/C18H28N4O6/c19-7-3-1-2-4-8-20-15(25)6-5-12-10-22(18(27)21-17(12)26)16-9-13(24)14(11-23)28-16/h5-6,10,13-14,16,23-24H,1-4,7-9,11,19H2,(H,20,25)(H,21,26,27)/p+1/b6-5+/t13?,14-,16-/m1/s1. The molecule has 7 N–H and O–H groups in total. The van der Waals surface area contributed by atoms with E-state index in [-0.39, 0.29) is 24.5 Å². The van der Waals surface area contributed by atoms with Gasteiger partial charge in [-0.1, -0.05) is 6.42 Å². The molecule has 10 heteroatoms. The van der Waals surface area contributed by atoms with Gasteiger partial charge in [-0.3, -0.25) is 19.1 Å². The zero-order valence-corrected chi connectivity index (χ0v) is 15.8. The number of nitrogens with zero attached hydrogens (tertiary/aromatic N) is 1. The van der Waals surface area contributed by atoms with Crippen molar-refractivity contribution in [1.29, 1.82) is 0 Å². The van der Waals surface area contributed by atoms with Gasteiger partial charge in [-0.15, -0.1) is 0 Å². The van der Waals surface area contributed by atoms with E-state index >= 15 is 0 Å². The summed E-state index contributed by atoms with van der Waals surface area (Å²) in [6.45, 7) is 1.09. The molecular weight excluding hydrogens is 368 g/mol. The third-order valence-electron chi connectivity index (χ3n) is 4.58. The number of quaternary nitrogens is 1. The van der Waals surface area contributed by atoms with Gasteiger partial charge in [0, 0.05) is 25.2 Å². The van der Waals surface area contributed by atoms with E-state index in [1.807, 2.05) is 0 Å². The Morgan fingerprint density at radius 3 is 2.79 bits per heavy atom. The van der Waals surface area contributed by atoms with Crippen LogP contribution in [0.1, 0.15) is 43.9 Å². The second-order valence-electron chi connectivity index (χ2n) is 6.76. The summed E-state index contributed by atoms with van der Waals surface area (Å²) in [6.07, 6.45) is 5.48. The molecule has 28 heavy (non-hydrogen) atoms. The number of H-pyrrole nitrogens is 1. The first-order valence-corrected chi connectivity index (χ1v) is 9.51. The maximum absolute atomic E-state index is 12.0. The zero-order valence-electron chi connectivity index (χ0n) is 15.8. The van der Waals surface area contributed by atoms with Gasteiger partial charge in [-0.2, -0.15) is 0 Å². The third kappa shape index (κ3) is 6.13. The Labute approximate surface area is 162 Å². The van der Waals surface area contributed by atoms with E-state index < -0.39 is 29.7 Å². The lowest BCUT2D eigenvalue weighted by Gasteiger charge is -2.14.